The zero-order valence-corrected chi connectivity index (χ0v) is 16.4. The van der Waals surface area contributed by atoms with Crippen molar-refractivity contribution in [3.8, 4) is 11.3 Å². The van der Waals surface area contributed by atoms with E-state index in [1.807, 2.05) is 24.3 Å². The van der Waals surface area contributed by atoms with Crippen LogP contribution >= 0.6 is 0 Å². The van der Waals surface area contributed by atoms with Gasteiger partial charge in [-0.15, -0.1) is 0 Å². The number of piperidine rings is 1. The zero-order chi connectivity index (χ0) is 19.3. The molecule has 0 aliphatic carbocycles. The van der Waals surface area contributed by atoms with Crippen LogP contribution in [0.4, 0.5) is 0 Å². The minimum atomic E-state index is -0.0673. The van der Waals surface area contributed by atoms with E-state index in [2.05, 4.69) is 38.4 Å². The van der Waals surface area contributed by atoms with Gasteiger partial charge in [0, 0.05) is 12.1 Å². The standard InChI is InChI=1S/C22H27N5O/c1-16-8-3-4-9-17(16)20-14-18(19-15-24-26-21(19)25-20)22(28)23-10-7-13-27-11-5-2-6-12-27/h3-4,8-9,14-15H,2,5-7,10-13H2,1H3,(H,23,28)(H,24,25,26). The lowest BCUT2D eigenvalue weighted by Crippen LogP contribution is -2.33. The molecule has 0 atom stereocenters. The van der Waals surface area contributed by atoms with Crippen molar-refractivity contribution in [2.75, 3.05) is 26.2 Å². The second-order valence-electron chi connectivity index (χ2n) is 7.51. The largest absolute Gasteiger partial charge is 0.352 e. The van der Waals surface area contributed by atoms with Crippen LogP contribution < -0.4 is 5.32 Å². The summed E-state index contributed by atoms with van der Waals surface area (Å²) < 4.78 is 0. The molecule has 3 aromatic rings. The van der Waals surface area contributed by atoms with E-state index in [1.165, 1.54) is 32.4 Å². The summed E-state index contributed by atoms with van der Waals surface area (Å²) >= 11 is 0. The first-order valence-electron chi connectivity index (χ1n) is 10.1. The number of carbonyl (C=O) groups is 1. The smallest absolute Gasteiger partial charge is 0.252 e. The third-order valence-electron chi connectivity index (χ3n) is 5.47. The van der Waals surface area contributed by atoms with Gasteiger partial charge in [0.1, 0.15) is 0 Å². The number of nitrogens with one attached hydrogen (secondary N) is 2. The molecule has 0 saturated carbocycles. The van der Waals surface area contributed by atoms with E-state index in [0.29, 0.717) is 17.8 Å². The lowest BCUT2D eigenvalue weighted by molar-refractivity contribution is 0.0952. The van der Waals surface area contributed by atoms with Gasteiger partial charge in [-0.3, -0.25) is 9.89 Å². The number of aromatic nitrogens is 3. The summed E-state index contributed by atoms with van der Waals surface area (Å²) in [5.41, 5.74) is 4.20. The van der Waals surface area contributed by atoms with Crippen LogP contribution in [0.1, 0.15) is 41.6 Å². The van der Waals surface area contributed by atoms with Crippen LogP contribution in [0.3, 0.4) is 0 Å². The maximum atomic E-state index is 12.9. The summed E-state index contributed by atoms with van der Waals surface area (Å²) in [6, 6.07) is 9.94. The van der Waals surface area contributed by atoms with E-state index >= 15 is 0 Å². The summed E-state index contributed by atoms with van der Waals surface area (Å²) in [7, 11) is 0. The topological polar surface area (TPSA) is 73.9 Å². The molecule has 2 N–H and O–H groups in total. The molecule has 1 aromatic carbocycles. The molecule has 6 nitrogen and oxygen atoms in total. The third kappa shape index (κ3) is 4.07. The van der Waals surface area contributed by atoms with Gasteiger partial charge in [0.15, 0.2) is 5.65 Å². The summed E-state index contributed by atoms with van der Waals surface area (Å²) in [4.78, 5) is 20.0. The zero-order valence-electron chi connectivity index (χ0n) is 16.4. The second-order valence-corrected chi connectivity index (χ2v) is 7.51. The number of aromatic amines is 1. The summed E-state index contributed by atoms with van der Waals surface area (Å²) in [5, 5.41) is 10.8. The van der Waals surface area contributed by atoms with Gasteiger partial charge in [-0.05, 0) is 57.5 Å². The number of rotatable bonds is 6. The molecule has 0 radical (unpaired) electrons. The molecular formula is C22H27N5O. The maximum absolute atomic E-state index is 12.9. The highest BCUT2D eigenvalue weighted by Crippen LogP contribution is 2.26. The molecule has 146 valence electrons. The van der Waals surface area contributed by atoms with Gasteiger partial charge in [0.05, 0.1) is 22.8 Å². The van der Waals surface area contributed by atoms with Gasteiger partial charge in [-0.2, -0.15) is 5.10 Å². The molecule has 2 aromatic heterocycles. The van der Waals surface area contributed by atoms with Crippen molar-refractivity contribution < 1.29 is 4.79 Å². The molecule has 1 amide bonds. The van der Waals surface area contributed by atoms with E-state index < -0.39 is 0 Å². The van der Waals surface area contributed by atoms with Crippen LogP contribution in [0.2, 0.25) is 0 Å². The molecule has 1 aliphatic rings. The number of hydrogen-bond donors (Lipinski definition) is 2. The Bertz CT molecular complexity index is 958. The van der Waals surface area contributed by atoms with E-state index in [0.717, 1.165) is 35.2 Å². The lowest BCUT2D eigenvalue weighted by Gasteiger charge is -2.26. The van der Waals surface area contributed by atoms with E-state index in [9.17, 15) is 4.79 Å². The van der Waals surface area contributed by atoms with Crippen LogP contribution in [-0.2, 0) is 0 Å². The first-order valence-corrected chi connectivity index (χ1v) is 10.1. The molecule has 0 spiro atoms. The van der Waals surface area contributed by atoms with E-state index in [1.54, 1.807) is 6.20 Å². The number of pyridine rings is 1. The Labute approximate surface area is 165 Å². The van der Waals surface area contributed by atoms with Crippen LogP contribution in [0.25, 0.3) is 22.3 Å². The quantitative estimate of drug-likeness (QED) is 0.645. The number of nitrogens with zero attached hydrogens (tertiary/aromatic N) is 3. The Morgan fingerprint density at radius 3 is 2.86 bits per heavy atom. The minimum absolute atomic E-state index is 0.0673. The van der Waals surface area contributed by atoms with Gasteiger partial charge in [-0.25, -0.2) is 4.98 Å². The van der Waals surface area contributed by atoms with Crippen LogP contribution in [0, 0.1) is 6.92 Å². The highest BCUT2D eigenvalue weighted by atomic mass is 16.1. The van der Waals surface area contributed by atoms with E-state index in [4.69, 9.17) is 0 Å². The van der Waals surface area contributed by atoms with E-state index in [-0.39, 0.29) is 5.91 Å². The SMILES string of the molecule is Cc1ccccc1-c1cc(C(=O)NCCCN2CCCCC2)c2cn[nH]c2n1. The number of benzene rings is 1. The van der Waals surface area contributed by atoms with Crippen LogP contribution in [-0.4, -0.2) is 52.2 Å². The number of amides is 1. The minimum Gasteiger partial charge on any atom is -0.352 e. The van der Waals surface area contributed by atoms with Crippen molar-refractivity contribution in [1.82, 2.24) is 25.4 Å². The Kier molecular flexibility index (Phi) is 5.67. The maximum Gasteiger partial charge on any atom is 0.252 e. The molecule has 1 saturated heterocycles. The highest BCUT2D eigenvalue weighted by molar-refractivity contribution is 6.06. The predicted molar refractivity (Wildman–Crippen MR) is 111 cm³/mol. The first-order chi connectivity index (χ1) is 13.7. The summed E-state index contributed by atoms with van der Waals surface area (Å²) in [6.07, 6.45) is 6.58. The van der Waals surface area contributed by atoms with Gasteiger partial charge < -0.3 is 10.2 Å². The summed E-state index contributed by atoms with van der Waals surface area (Å²) in [6.45, 7) is 6.15. The molecule has 28 heavy (non-hydrogen) atoms. The number of carbonyl (C=O) groups excluding carboxylic acids is 1. The van der Waals surface area contributed by atoms with Crippen molar-refractivity contribution >= 4 is 16.9 Å². The molecule has 3 heterocycles. The normalized spacial score (nSPS) is 15.0. The third-order valence-corrected chi connectivity index (χ3v) is 5.47. The number of H-pyrrole nitrogens is 1. The van der Waals surface area contributed by atoms with Crippen molar-refractivity contribution in [2.45, 2.75) is 32.6 Å². The lowest BCUT2D eigenvalue weighted by atomic mass is 10.0. The number of aryl methyl sites for hydroxylation is 1. The fraction of sp³-hybridized carbons (Fsp3) is 0.409. The van der Waals surface area contributed by atoms with Crippen LogP contribution in [0.5, 0.6) is 0 Å². The Hall–Kier alpha value is -2.73. The predicted octanol–water partition coefficient (Wildman–Crippen LogP) is 3.54. The van der Waals surface area contributed by atoms with Crippen molar-refractivity contribution in [2.24, 2.45) is 0 Å². The molecule has 1 aliphatic heterocycles. The molecule has 0 bridgehead atoms. The monoisotopic (exact) mass is 377 g/mol. The average molecular weight is 377 g/mol. The first kappa shape index (κ1) is 18.6. The second kappa shape index (κ2) is 8.52. The van der Waals surface area contributed by atoms with Gasteiger partial charge in [0.2, 0.25) is 0 Å². The van der Waals surface area contributed by atoms with Gasteiger partial charge >= 0.3 is 0 Å². The Balaban J connectivity index is 1.48. The van der Waals surface area contributed by atoms with Crippen LogP contribution in [0.15, 0.2) is 36.5 Å². The molecule has 0 unspecified atom stereocenters. The Morgan fingerprint density at radius 1 is 1.21 bits per heavy atom. The van der Waals surface area contributed by atoms with Gasteiger partial charge in [-0.1, -0.05) is 30.7 Å². The van der Waals surface area contributed by atoms with Gasteiger partial charge in [0.25, 0.3) is 5.91 Å². The highest BCUT2D eigenvalue weighted by Gasteiger charge is 2.16. The number of hydrogen-bond acceptors (Lipinski definition) is 4. The number of likely N-dealkylation sites (tertiary alicyclic amines) is 1. The number of fused-ring (bicyclic) bond motifs is 1. The fourth-order valence-corrected chi connectivity index (χ4v) is 3.90. The fourth-order valence-electron chi connectivity index (χ4n) is 3.90. The molecule has 1 fully saturated rings. The van der Waals surface area contributed by atoms with Crippen molar-refractivity contribution in [1.29, 1.82) is 0 Å². The molecule has 4 rings (SSSR count). The molecular weight excluding hydrogens is 350 g/mol. The summed E-state index contributed by atoms with van der Waals surface area (Å²) in [5.74, 6) is -0.0673. The van der Waals surface area contributed by atoms with Crippen molar-refractivity contribution in [3.63, 3.8) is 0 Å². The average Bonchev–Trinajstić information content (AvgIpc) is 3.20. The van der Waals surface area contributed by atoms with Crippen molar-refractivity contribution in [3.05, 3.63) is 47.7 Å². The Morgan fingerprint density at radius 2 is 2.04 bits per heavy atom. The molecule has 6 heteroatoms.